The lowest BCUT2D eigenvalue weighted by Gasteiger charge is -2.25. The van der Waals surface area contributed by atoms with Crippen molar-refractivity contribution < 1.29 is 4.74 Å². The van der Waals surface area contributed by atoms with E-state index in [-0.39, 0.29) is 0 Å². The second kappa shape index (κ2) is 5.74. The molecule has 1 saturated carbocycles. The van der Waals surface area contributed by atoms with E-state index in [1.807, 2.05) is 19.2 Å². The van der Waals surface area contributed by atoms with E-state index in [9.17, 15) is 0 Å². The average Bonchev–Trinajstić information content (AvgIpc) is 2.28. The van der Waals surface area contributed by atoms with Crippen LogP contribution in [0.2, 0.25) is 5.02 Å². The number of hydrogen-bond acceptors (Lipinski definition) is 2. The molecule has 0 aliphatic heterocycles. The van der Waals surface area contributed by atoms with Gasteiger partial charge < -0.3 is 10.1 Å². The molecule has 2 rings (SSSR count). The van der Waals surface area contributed by atoms with Gasteiger partial charge in [0, 0.05) is 6.04 Å². The molecule has 1 atom stereocenters. The summed E-state index contributed by atoms with van der Waals surface area (Å²) in [4.78, 5) is 0. The zero-order valence-corrected chi connectivity index (χ0v) is 11.3. The summed E-state index contributed by atoms with van der Waals surface area (Å²) in [6.45, 7) is 2.92. The van der Waals surface area contributed by atoms with E-state index >= 15 is 0 Å². The van der Waals surface area contributed by atoms with E-state index in [1.54, 1.807) is 0 Å². The molecule has 94 valence electrons. The minimum absolute atomic E-state index is 0.313. The van der Waals surface area contributed by atoms with Crippen molar-refractivity contribution in [1.29, 1.82) is 0 Å². The van der Waals surface area contributed by atoms with Crippen LogP contribution in [0.1, 0.15) is 37.8 Å². The molecule has 1 unspecified atom stereocenters. The fraction of sp³-hybridized carbons (Fsp3) is 0.571. The average molecular weight is 254 g/mol. The Morgan fingerprint density at radius 3 is 2.76 bits per heavy atom. The van der Waals surface area contributed by atoms with Gasteiger partial charge in [0.25, 0.3) is 0 Å². The van der Waals surface area contributed by atoms with Gasteiger partial charge in [-0.1, -0.05) is 24.1 Å². The topological polar surface area (TPSA) is 21.3 Å². The lowest BCUT2D eigenvalue weighted by molar-refractivity contribution is 0.180. The van der Waals surface area contributed by atoms with Crippen LogP contribution < -0.4 is 10.1 Å². The Bertz CT molecular complexity index is 376. The van der Waals surface area contributed by atoms with Gasteiger partial charge in [0.1, 0.15) is 5.75 Å². The lowest BCUT2D eigenvalue weighted by Crippen LogP contribution is -2.19. The molecule has 1 aliphatic carbocycles. The van der Waals surface area contributed by atoms with Crippen molar-refractivity contribution in [3.05, 3.63) is 28.8 Å². The molecule has 3 heteroatoms. The third-order valence-electron chi connectivity index (χ3n) is 3.59. The minimum Gasteiger partial charge on any atom is -0.492 e. The van der Waals surface area contributed by atoms with Crippen molar-refractivity contribution in [3.8, 4) is 5.75 Å². The number of hydrogen-bond donors (Lipinski definition) is 1. The van der Waals surface area contributed by atoms with Gasteiger partial charge in [0.15, 0.2) is 0 Å². The van der Waals surface area contributed by atoms with Gasteiger partial charge in [-0.05, 0) is 50.4 Å². The summed E-state index contributed by atoms with van der Waals surface area (Å²) >= 11 is 6.22. The molecular formula is C14H20ClNO. The van der Waals surface area contributed by atoms with Crippen molar-refractivity contribution >= 4 is 11.6 Å². The van der Waals surface area contributed by atoms with Crippen LogP contribution in [0.15, 0.2) is 18.2 Å². The molecule has 1 aromatic carbocycles. The van der Waals surface area contributed by atoms with Crippen molar-refractivity contribution in [2.75, 3.05) is 13.7 Å². The number of ether oxygens (including phenoxy) is 1. The van der Waals surface area contributed by atoms with Gasteiger partial charge >= 0.3 is 0 Å². The van der Waals surface area contributed by atoms with Crippen molar-refractivity contribution in [2.24, 2.45) is 5.92 Å². The quantitative estimate of drug-likeness (QED) is 0.862. The third-order valence-corrected chi connectivity index (χ3v) is 3.88. The molecule has 0 amide bonds. The first-order valence-electron chi connectivity index (χ1n) is 6.30. The molecule has 1 aromatic rings. The fourth-order valence-corrected chi connectivity index (χ4v) is 2.18. The van der Waals surface area contributed by atoms with Crippen LogP contribution in [0.4, 0.5) is 0 Å². The normalized spacial score (nSPS) is 17.6. The summed E-state index contributed by atoms with van der Waals surface area (Å²) in [7, 11) is 1.94. The SMILES string of the molecule is CNC(C)c1ccc(OCC2CCC2)c(Cl)c1. The highest BCUT2D eigenvalue weighted by molar-refractivity contribution is 6.32. The fourth-order valence-electron chi connectivity index (χ4n) is 1.94. The molecule has 0 radical (unpaired) electrons. The highest BCUT2D eigenvalue weighted by Crippen LogP contribution is 2.31. The molecule has 1 aliphatic rings. The Morgan fingerprint density at radius 2 is 2.24 bits per heavy atom. The summed E-state index contributed by atoms with van der Waals surface area (Å²) in [5.41, 5.74) is 1.19. The van der Waals surface area contributed by atoms with Gasteiger partial charge in [-0.3, -0.25) is 0 Å². The van der Waals surface area contributed by atoms with Crippen molar-refractivity contribution in [3.63, 3.8) is 0 Å². The summed E-state index contributed by atoms with van der Waals surface area (Å²) in [6, 6.07) is 6.35. The first kappa shape index (κ1) is 12.7. The van der Waals surface area contributed by atoms with Crippen LogP contribution in [0.3, 0.4) is 0 Å². The monoisotopic (exact) mass is 253 g/mol. The molecule has 1 fully saturated rings. The van der Waals surface area contributed by atoms with Crippen LogP contribution in [0.5, 0.6) is 5.75 Å². The van der Waals surface area contributed by atoms with Crippen molar-refractivity contribution in [1.82, 2.24) is 5.32 Å². The molecular weight excluding hydrogens is 234 g/mol. The van der Waals surface area contributed by atoms with Crippen LogP contribution in [-0.4, -0.2) is 13.7 Å². The molecule has 2 nitrogen and oxygen atoms in total. The van der Waals surface area contributed by atoms with Gasteiger partial charge in [0.05, 0.1) is 11.6 Å². The number of rotatable bonds is 5. The Kier molecular flexibility index (Phi) is 4.30. The minimum atomic E-state index is 0.313. The molecule has 0 bridgehead atoms. The molecule has 0 saturated heterocycles. The third kappa shape index (κ3) is 3.14. The Morgan fingerprint density at radius 1 is 1.47 bits per heavy atom. The Hall–Kier alpha value is -0.730. The van der Waals surface area contributed by atoms with Crippen LogP contribution in [0, 0.1) is 5.92 Å². The molecule has 0 heterocycles. The second-order valence-corrected chi connectivity index (χ2v) is 5.22. The zero-order chi connectivity index (χ0) is 12.3. The van der Waals surface area contributed by atoms with Crippen LogP contribution >= 0.6 is 11.6 Å². The number of halogens is 1. The molecule has 0 spiro atoms. The number of nitrogens with one attached hydrogen (secondary N) is 1. The van der Waals surface area contributed by atoms with E-state index < -0.39 is 0 Å². The Labute approximate surface area is 108 Å². The first-order chi connectivity index (χ1) is 8.20. The predicted molar refractivity (Wildman–Crippen MR) is 71.8 cm³/mol. The van der Waals surface area contributed by atoms with E-state index in [2.05, 4.69) is 18.3 Å². The van der Waals surface area contributed by atoms with Crippen LogP contribution in [0.25, 0.3) is 0 Å². The highest BCUT2D eigenvalue weighted by Gasteiger charge is 2.18. The van der Waals surface area contributed by atoms with E-state index in [1.165, 1.54) is 24.8 Å². The molecule has 0 aromatic heterocycles. The summed E-state index contributed by atoms with van der Waals surface area (Å²) in [5.74, 6) is 1.55. The highest BCUT2D eigenvalue weighted by atomic mass is 35.5. The molecule has 1 N–H and O–H groups in total. The van der Waals surface area contributed by atoms with Gasteiger partial charge in [-0.2, -0.15) is 0 Å². The van der Waals surface area contributed by atoms with Gasteiger partial charge in [-0.15, -0.1) is 0 Å². The second-order valence-electron chi connectivity index (χ2n) is 4.81. The van der Waals surface area contributed by atoms with Crippen molar-refractivity contribution in [2.45, 2.75) is 32.2 Å². The maximum Gasteiger partial charge on any atom is 0.137 e. The smallest absolute Gasteiger partial charge is 0.137 e. The standard InChI is InChI=1S/C14H20ClNO/c1-10(16-2)12-6-7-14(13(15)8-12)17-9-11-4-3-5-11/h6-8,10-11,16H,3-5,9H2,1-2H3. The summed E-state index contributed by atoms with van der Waals surface area (Å²) in [5, 5.41) is 3.91. The lowest BCUT2D eigenvalue weighted by atomic mass is 9.86. The summed E-state index contributed by atoms with van der Waals surface area (Å²) < 4.78 is 5.76. The maximum atomic E-state index is 6.22. The van der Waals surface area contributed by atoms with E-state index in [4.69, 9.17) is 16.3 Å². The summed E-state index contributed by atoms with van der Waals surface area (Å²) in [6.07, 6.45) is 3.94. The predicted octanol–water partition coefficient (Wildman–Crippen LogP) is 3.80. The maximum absolute atomic E-state index is 6.22. The van der Waals surface area contributed by atoms with Crippen LogP contribution in [-0.2, 0) is 0 Å². The van der Waals surface area contributed by atoms with Gasteiger partial charge in [-0.25, -0.2) is 0 Å². The van der Waals surface area contributed by atoms with E-state index in [0.717, 1.165) is 18.3 Å². The first-order valence-corrected chi connectivity index (χ1v) is 6.68. The number of benzene rings is 1. The zero-order valence-electron chi connectivity index (χ0n) is 10.5. The largest absolute Gasteiger partial charge is 0.492 e. The van der Waals surface area contributed by atoms with Gasteiger partial charge in [0.2, 0.25) is 0 Å². The molecule has 17 heavy (non-hydrogen) atoms. The Balaban J connectivity index is 1.97. The van der Waals surface area contributed by atoms with E-state index in [0.29, 0.717) is 11.1 Å².